The lowest BCUT2D eigenvalue weighted by atomic mass is 10.1. The average Bonchev–Trinajstić information content (AvgIpc) is 2.41. The Morgan fingerprint density at radius 3 is 2.65 bits per heavy atom. The Bertz CT molecular complexity index is 683. The number of benzene rings is 1. The van der Waals surface area contributed by atoms with Crippen molar-refractivity contribution in [1.29, 1.82) is 0 Å². The fraction of sp³-hybridized carbons (Fsp3) is 0.0714. The first-order valence-corrected chi connectivity index (χ1v) is 5.78. The van der Waals surface area contributed by atoms with Crippen LogP contribution in [0.3, 0.4) is 0 Å². The summed E-state index contributed by atoms with van der Waals surface area (Å²) in [5, 5.41) is 21.0. The Balaban J connectivity index is 2.30. The molecule has 0 radical (unpaired) electrons. The molecule has 3 N–H and O–H groups in total. The number of hydrogen-bond acceptors (Lipinski definition) is 4. The molecule has 0 unspecified atom stereocenters. The van der Waals surface area contributed by atoms with Crippen LogP contribution in [0.2, 0.25) is 0 Å². The highest BCUT2D eigenvalue weighted by molar-refractivity contribution is 6.06. The van der Waals surface area contributed by atoms with Gasteiger partial charge in [0.15, 0.2) is 0 Å². The average molecular weight is 272 g/mol. The number of carbonyl (C=O) groups excluding carboxylic acids is 1. The summed E-state index contributed by atoms with van der Waals surface area (Å²) in [6, 6.07) is 6.88. The second kappa shape index (κ2) is 5.40. The largest absolute Gasteiger partial charge is 0.506 e. The van der Waals surface area contributed by atoms with Gasteiger partial charge >= 0.3 is 5.97 Å². The zero-order chi connectivity index (χ0) is 14.7. The van der Waals surface area contributed by atoms with Crippen LogP contribution in [0.25, 0.3) is 0 Å². The number of aromatic nitrogens is 1. The maximum Gasteiger partial charge on any atom is 0.335 e. The third-order valence-electron chi connectivity index (χ3n) is 2.74. The molecule has 6 heteroatoms. The second-order valence-electron chi connectivity index (χ2n) is 4.13. The number of rotatable bonds is 3. The predicted octanol–water partition coefficient (Wildman–Crippen LogP) is 2.05. The molecule has 20 heavy (non-hydrogen) atoms. The number of carbonyl (C=O) groups is 2. The third kappa shape index (κ3) is 2.74. The van der Waals surface area contributed by atoms with Gasteiger partial charge in [0.1, 0.15) is 5.75 Å². The summed E-state index contributed by atoms with van der Waals surface area (Å²) in [4.78, 5) is 26.9. The summed E-state index contributed by atoms with van der Waals surface area (Å²) < 4.78 is 0. The molecule has 0 atom stereocenters. The minimum atomic E-state index is -1.14. The molecule has 0 aliphatic heterocycles. The van der Waals surface area contributed by atoms with Crippen LogP contribution in [0.1, 0.15) is 26.4 Å². The fourth-order valence-electron chi connectivity index (χ4n) is 1.68. The van der Waals surface area contributed by atoms with E-state index < -0.39 is 11.9 Å². The zero-order valence-electron chi connectivity index (χ0n) is 10.6. The molecule has 0 saturated carbocycles. The molecular formula is C14H12N2O4. The Kier molecular flexibility index (Phi) is 3.65. The van der Waals surface area contributed by atoms with Crippen LogP contribution in [0.5, 0.6) is 5.75 Å². The highest BCUT2D eigenvalue weighted by Gasteiger charge is 2.13. The van der Waals surface area contributed by atoms with Crippen molar-refractivity contribution in [2.45, 2.75) is 6.92 Å². The number of hydrogen-bond donors (Lipinski definition) is 3. The molecule has 1 aromatic heterocycles. The number of phenols is 1. The van der Waals surface area contributed by atoms with Gasteiger partial charge in [0.25, 0.3) is 5.91 Å². The van der Waals surface area contributed by atoms with Crippen LogP contribution in [0, 0.1) is 6.92 Å². The lowest BCUT2D eigenvalue weighted by Crippen LogP contribution is -2.14. The van der Waals surface area contributed by atoms with Crippen LogP contribution in [0.4, 0.5) is 5.69 Å². The molecule has 0 saturated heterocycles. The second-order valence-corrected chi connectivity index (χ2v) is 4.13. The van der Waals surface area contributed by atoms with Crippen LogP contribution in [-0.4, -0.2) is 27.1 Å². The van der Waals surface area contributed by atoms with Crippen molar-refractivity contribution in [1.82, 2.24) is 4.98 Å². The normalized spacial score (nSPS) is 10.1. The molecule has 0 aliphatic carbocycles. The van der Waals surface area contributed by atoms with Gasteiger partial charge in [-0.3, -0.25) is 9.78 Å². The summed E-state index contributed by atoms with van der Waals surface area (Å²) in [5.41, 5.74) is 0.908. The topological polar surface area (TPSA) is 99.5 Å². The van der Waals surface area contributed by atoms with Crippen molar-refractivity contribution in [2.75, 3.05) is 5.32 Å². The third-order valence-corrected chi connectivity index (χ3v) is 2.74. The number of carboxylic acids is 1. The highest BCUT2D eigenvalue weighted by Crippen LogP contribution is 2.25. The first-order valence-electron chi connectivity index (χ1n) is 5.78. The summed E-state index contributed by atoms with van der Waals surface area (Å²) >= 11 is 0. The lowest BCUT2D eigenvalue weighted by Gasteiger charge is -2.09. The molecule has 0 spiro atoms. The Hall–Kier alpha value is -2.89. The molecule has 1 amide bonds. The summed E-state index contributed by atoms with van der Waals surface area (Å²) in [7, 11) is 0. The highest BCUT2D eigenvalue weighted by atomic mass is 16.4. The maximum absolute atomic E-state index is 12.1. The van der Waals surface area contributed by atoms with Crippen LogP contribution < -0.4 is 5.32 Å². The van der Waals surface area contributed by atoms with Crippen molar-refractivity contribution in [3.05, 3.63) is 53.3 Å². The van der Waals surface area contributed by atoms with Crippen LogP contribution >= 0.6 is 0 Å². The van der Waals surface area contributed by atoms with E-state index in [1.807, 2.05) is 0 Å². The molecule has 2 rings (SSSR count). The number of phenolic OH excluding ortho intramolecular Hbond substituents is 1. The van der Waals surface area contributed by atoms with Crippen LogP contribution in [-0.2, 0) is 0 Å². The number of amides is 1. The quantitative estimate of drug-likeness (QED) is 0.742. The van der Waals surface area contributed by atoms with Crippen molar-refractivity contribution in [2.24, 2.45) is 0 Å². The predicted molar refractivity (Wildman–Crippen MR) is 72.0 cm³/mol. The van der Waals surface area contributed by atoms with E-state index in [-0.39, 0.29) is 17.0 Å². The fourth-order valence-corrected chi connectivity index (χ4v) is 1.68. The van der Waals surface area contributed by atoms with E-state index in [1.165, 1.54) is 18.2 Å². The molecule has 102 valence electrons. The van der Waals surface area contributed by atoms with Crippen molar-refractivity contribution >= 4 is 17.6 Å². The Morgan fingerprint density at radius 2 is 2.00 bits per heavy atom. The van der Waals surface area contributed by atoms with Gasteiger partial charge in [0, 0.05) is 11.9 Å². The number of aryl methyl sites for hydroxylation is 1. The summed E-state index contributed by atoms with van der Waals surface area (Å²) in [6.07, 6.45) is 1.56. The van der Waals surface area contributed by atoms with E-state index in [1.54, 1.807) is 25.3 Å². The molecule has 0 bridgehead atoms. The standard InChI is InChI=1S/C14H12N2O4/c1-8-10(3-2-6-15-8)13(18)16-11-7-9(14(19)20)4-5-12(11)17/h2-7,17H,1H3,(H,16,18)(H,19,20). The lowest BCUT2D eigenvalue weighted by molar-refractivity contribution is 0.0696. The van der Waals surface area contributed by atoms with E-state index in [0.717, 1.165) is 0 Å². The molecule has 2 aromatic rings. The van der Waals surface area contributed by atoms with E-state index in [2.05, 4.69) is 10.3 Å². The molecular weight excluding hydrogens is 260 g/mol. The minimum absolute atomic E-state index is 0.0268. The SMILES string of the molecule is Cc1ncccc1C(=O)Nc1cc(C(=O)O)ccc1O. The van der Waals surface area contributed by atoms with Gasteiger partial charge in [-0.05, 0) is 37.3 Å². The van der Waals surface area contributed by atoms with Gasteiger partial charge in [-0.1, -0.05) is 0 Å². The molecule has 1 aromatic carbocycles. The number of nitrogens with one attached hydrogen (secondary N) is 1. The maximum atomic E-state index is 12.1. The first kappa shape index (κ1) is 13.5. The van der Waals surface area contributed by atoms with E-state index in [9.17, 15) is 14.7 Å². The molecule has 0 aliphatic rings. The van der Waals surface area contributed by atoms with Crippen molar-refractivity contribution in [3.63, 3.8) is 0 Å². The van der Waals surface area contributed by atoms with Gasteiger partial charge in [0.05, 0.1) is 16.8 Å². The molecule has 0 fully saturated rings. The van der Waals surface area contributed by atoms with Gasteiger partial charge in [-0.15, -0.1) is 0 Å². The van der Waals surface area contributed by atoms with Gasteiger partial charge < -0.3 is 15.5 Å². The summed E-state index contributed by atoms with van der Waals surface area (Å²) in [6.45, 7) is 1.68. The Morgan fingerprint density at radius 1 is 1.25 bits per heavy atom. The number of aromatic carboxylic acids is 1. The van der Waals surface area contributed by atoms with Gasteiger partial charge in [0.2, 0.25) is 0 Å². The number of carboxylic acid groups (broad SMARTS) is 1. The Labute approximate surface area is 114 Å². The molecule has 1 heterocycles. The van der Waals surface area contributed by atoms with E-state index >= 15 is 0 Å². The van der Waals surface area contributed by atoms with Crippen LogP contribution in [0.15, 0.2) is 36.5 Å². The van der Waals surface area contributed by atoms with Gasteiger partial charge in [-0.25, -0.2) is 4.79 Å². The summed E-state index contributed by atoms with van der Waals surface area (Å²) in [5.74, 6) is -1.81. The van der Waals surface area contributed by atoms with Gasteiger partial charge in [-0.2, -0.15) is 0 Å². The number of anilines is 1. The number of pyridine rings is 1. The smallest absolute Gasteiger partial charge is 0.335 e. The minimum Gasteiger partial charge on any atom is -0.506 e. The zero-order valence-corrected chi connectivity index (χ0v) is 10.6. The molecule has 6 nitrogen and oxygen atoms in total. The number of nitrogens with zero attached hydrogens (tertiary/aromatic N) is 1. The van der Waals surface area contributed by atoms with E-state index in [0.29, 0.717) is 11.3 Å². The van der Waals surface area contributed by atoms with Crippen molar-refractivity contribution < 1.29 is 19.8 Å². The van der Waals surface area contributed by atoms with Crippen molar-refractivity contribution in [3.8, 4) is 5.75 Å². The monoisotopic (exact) mass is 272 g/mol. The first-order chi connectivity index (χ1) is 9.49. The van der Waals surface area contributed by atoms with E-state index in [4.69, 9.17) is 5.11 Å². The number of aromatic hydroxyl groups is 1.